The van der Waals surface area contributed by atoms with E-state index in [1.165, 1.54) is 4.90 Å². The van der Waals surface area contributed by atoms with Crippen LogP contribution in [0.5, 0.6) is 0 Å². The summed E-state index contributed by atoms with van der Waals surface area (Å²) >= 11 is 0. The summed E-state index contributed by atoms with van der Waals surface area (Å²) in [5, 5.41) is 0. The molecule has 0 bridgehead atoms. The summed E-state index contributed by atoms with van der Waals surface area (Å²) in [6.45, 7) is 4.99. The van der Waals surface area contributed by atoms with Crippen molar-refractivity contribution >= 4 is 11.8 Å². The van der Waals surface area contributed by atoms with Gasteiger partial charge in [-0.2, -0.15) is 0 Å². The molecule has 0 radical (unpaired) electrons. The first-order valence-electron chi connectivity index (χ1n) is 7.48. The van der Waals surface area contributed by atoms with Gasteiger partial charge in [0.2, 0.25) is 0 Å². The van der Waals surface area contributed by atoms with Gasteiger partial charge in [-0.25, -0.2) is 0 Å². The van der Waals surface area contributed by atoms with Gasteiger partial charge in [-0.05, 0) is 19.2 Å². The topological polar surface area (TPSA) is 43.9 Å². The number of imide groups is 1. The van der Waals surface area contributed by atoms with Crippen LogP contribution in [0.3, 0.4) is 0 Å². The fraction of sp³-hybridized carbons (Fsp3) is 0.412. The number of carbonyl (C=O) groups excluding carboxylic acids is 2. The van der Waals surface area contributed by atoms with Gasteiger partial charge in [-0.1, -0.05) is 24.0 Å². The number of carbonyl (C=O) groups is 2. The Morgan fingerprint density at radius 3 is 2.05 bits per heavy atom. The number of likely N-dealkylation sites (N-methyl/N-ethyl adjacent to an activating group) is 1. The van der Waals surface area contributed by atoms with Gasteiger partial charge < -0.3 is 4.90 Å². The molecule has 1 aromatic rings. The van der Waals surface area contributed by atoms with E-state index in [4.69, 9.17) is 0 Å². The van der Waals surface area contributed by atoms with Crippen LogP contribution in [0.1, 0.15) is 20.7 Å². The molecule has 2 heterocycles. The van der Waals surface area contributed by atoms with Crippen molar-refractivity contribution in [2.75, 3.05) is 46.3 Å². The predicted octanol–water partition coefficient (Wildman–Crippen LogP) is 0.533. The van der Waals surface area contributed by atoms with Crippen molar-refractivity contribution in [3.63, 3.8) is 0 Å². The van der Waals surface area contributed by atoms with E-state index in [9.17, 15) is 9.59 Å². The number of rotatable bonds is 2. The van der Waals surface area contributed by atoms with Gasteiger partial charge in [-0.3, -0.25) is 19.4 Å². The first-order valence-corrected chi connectivity index (χ1v) is 7.48. The Bertz CT molecular complexity index is 616. The molecule has 2 aliphatic rings. The van der Waals surface area contributed by atoms with Crippen molar-refractivity contribution in [2.24, 2.45) is 0 Å². The van der Waals surface area contributed by atoms with E-state index in [-0.39, 0.29) is 18.4 Å². The number of hydrogen-bond donors (Lipinski definition) is 0. The minimum absolute atomic E-state index is 0.167. The van der Waals surface area contributed by atoms with Crippen LogP contribution >= 0.6 is 0 Å². The van der Waals surface area contributed by atoms with Crippen molar-refractivity contribution < 1.29 is 9.59 Å². The first-order chi connectivity index (χ1) is 10.7. The van der Waals surface area contributed by atoms with Crippen LogP contribution in [0.4, 0.5) is 0 Å². The molecule has 0 atom stereocenters. The number of nitrogens with zero attached hydrogens (tertiary/aromatic N) is 3. The van der Waals surface area contributed by atoms with Crippen LogP contribution in [-0.2, 0) is 0 Å². The largest absolute Gasteiger partial charge is 0.304 e. The Balaban J connectivity index is 1.56. The highest BCUT2D eigenvalue weighted by atomic mass is 16.2. The average Bonchev–Trinajstić information content (AvgIpc) is 2.78. The van der Waals surface area contributed by atoms with Crippen LogP contribution in [0.15, 0.2) is 24.3 Å². The number of hydrogen-bond acceptors (Lipinski definition) is 4. The number of benzene rings is 1. The van der Waals surface area contributed by atoms with Gasteiger partial charge in [0.15, 0.2) is 0 Å². The van der Waals surface area contributed by atoms with E-state index in [0.717, 1.165) is 26.2 Å². The third kappa shape index (κ3) is 2.89. The van der Waals surface area contributed by atoms with Crippen molar-refractivity contribution in [3.8, 4) is 11.8 Å². The summed E-state index contributed by atoms with van der Waals surface area (Å²) in [6.07, 6.45) is 0. The standard InChI is InChI=1S/C17H19N3O2/c1-18-10-12-19(13-11-18)8-4-5-9-20-16(21)14-6-2-3-7-15(14)17(20)22/h2-3,6-7H,8-13H2,1H3. The molecule has 5 heteroatoms. The molecular weight excluding hydrogens is 278 g/mol. The Morgan fingerprint density at radius 2 is 1.45 bits per heavy atom. The number of amides is 2. The zero-order valence-electron chi connectivity index (χ0n) is 12.7. The van der Waals surface area contributed by atoms with Crippen LogP contribution in [0, 0.1) is 11.8 Å². The molecule has 0 unspecified atom stereocenters. The molecule has 0 aliphatic carbocycles. The lowest BCUT2D eigenvalue weighted by atomic mass is 10.1. The quantitative estimate of drug-likeness (QED) is 0.590. The minimum atomic E-state index is -0.241. The Morgan fingerprint density at radius 1 is 0.909 bits per heavy atom. The fourth-order valence-electron chi connectivity index (χ4n) is 2.69. The van der Waals surface area contributed by atoms with Crippen molar-refractivity contribution in [1.82, 2.24) is 14.7 Å². The lowest BCUT2D eigenvalue weighted by molar-refractivity contribution is 0.0675. The lowest BCUT2D eigenvalue weighted by Crippen LogP contribution is -2.44. The van der Waals surface area contributed by atoms with Crippen molar-refractivity contribution in [3.05, 3.63) is 35.4 Å². The zero-order chi connectivity index (χ0) is 15.5. The molecule has 1 saturated heterocycles. The van der Waals surface area contributed by atoms with E-state index in [1.807, 2.05) is 0 Å². The molecule has 0 N–H and O–H groups in total. The Hall–Kier alpha value is -2.16. The molecule has 22 heavy (non-hydrogen) atoms. The van der Waals surface area contributed by atoms with Gasteiger partial charge in [-0.15, -0.1) is 0 Å². The molecule has 0 aromatic heterocycles. The maximum Gasteiger partial charge on any atom is 0.262 e. The predicted molar refractivity (Wildman–Crippen MR) is 83.5 cm³/mol. The molecule has 2 amide bonds. The average molecular weight is 297 g/mol. The van der Waals surface area contributed by atoms with Crippen LogP contribution in [0.2, 0.25) is 0 Å². The van der Waals surface area contributed by atoms with Crippen LogP contribution < -0.4 is 0 Å². The van der Waals surface area contributed by atoms with Gasteiger partial charge in [0.1, 0.15) is 0 Å². The normalized spacial score (nSPS) is 19.0. The van der Waals surface area contributed by atoms with Crippen LogP contribution in [-0.4, -0.2) is 72.8 Å². The summed E-state index contributed by atoms with van der Waals surface area (Å²) in [5.74, 6) is 5.55. The molecule has 1 aromatic carbocycles. The molecule has 1 fully saturated rings. The second kappa shape index (κ2) is 6.30. The maximum absolute atomic E-state index is 12.2. The summed E-state index contributed by atoms with van der Waals surface area (Å²) < 4.78 is 0. The molecule has 114 valence electrons. The molecule has 2 aliphatic heterocycles. The van der Waals surface area contributed by atoms with E-state index < -0.39 is 0 Å². The summed E-state index contributed by atoms with van der Waals surface area (Å²) in [4.78, 5) is 30.1. The summed E-state index contributed by atoms with van der Waals surface area (Å²) in [7, 11) is 2.12. The van der Waals surface area contributed by atoms with Crippen molar-refractivity contribution in [1.29, 1.82) is 0 Å². The van der Waals surface area contributed by atoms with Gasteiger partial charge in [0.25, 0.3) is 11.8 Å². The SMILES string of the molecule is CN1CCN(CC#CCN2C(=O)c3ccccc3C2=O)CC1. The third-order valence-electron chi connectivity index (χ3n) is 4.14. The monoisotopic (exact) mass is 297 g/mol. The Kier molecular flexibility index (Phi) is 4.23. The van der Waals surface area contributed by atoms with Crippen molar-refractivity contribution in [2.45, 2.75) is 0 Å². The molecule has 3 rings (SSSR count). The summed E-state index contributed by atoms with van der Waals surface area (Å²) in [5.41, 5.74) is 0.960. The fourth-order valence-corrected chi connectivity index (χ4v) is 2.69. The van der Waals surface area contributed by atoms with E-state index in [2.05, 4.69) is 28.7 Å². The highest BCUT2D eigenvalue weighted by molar-refractivity contribution is 6.21. The van der Waals surface area contributed by atoms with E-state index in [0.29, 0.717) is 17.7 Å². The molecule has 5 nitrogen and oxygen atoms in total. The smallest absolute Gasteiger partial charge is 0.262 e. The maximum atomic E-state index is 12.2. The summed E-state index contributed by atoms with van der Waals surface area (Å²) in [6, 6.07) is 6.92. The van der Waals surface area contributed by atoms with Gasteiger partial charge >= 0.3 is 0 Å². The zero-order valence-corrected chi connectivity index (χ0v) is 12.7. The first kappa shape index (κ1) is 14.8. The van der Waals surface area contributed by atoms with E-state index in [1.54, 1.807) is 24.3 Å². The van der Waals surface area contributed by atoms with Gasteiger partial charge in [0, 0.05) is 26.2 Å². The third-order valence-corrected chi connectivity index (χ3v) is 4.14. The number of fused-ring (bicyclic) bond motifs is 1. The van der Waals surface area contributed by atoms with Crippen LogP contribution in [0.25, 0.3) is 0 Å². The minimum Gasteiger partial charge on any atom is -0.304 e. The highest BCUT2D eigenvalue weighted by Crippen LogP contribution is 2.21. The Labute approximate surface area is 130 Å². The van der Waals surface area contributed by atoms with E-state index >= 15 is 0 Å². The second-order valence-electron chi connectivity index (χ2n) is 5.68. The number of piperazine rings is 1. The second-order valence-corrected chi connectivity index (χ2v) is 5.68. The molecule has 0 saturated carbocycles. The highest BCUT2D eigenvalue weighted by Gasteiger charge is 2.34. The molecule has 0 spiro atoms. The lowest BCUT2D eigenvalue weighted by Gasteiger charge is -2.30. The van der Waals surface area contributed by atoms with Gasteiger partial charge in [0.05, 0.1) is 24.2 Å². The molecular formula is C17H19N3O2.